The third kappa shape index (κ3) is 7.12. The van der Waals surface area contributed by atoms with Crippen LogP contribution in [0.1, 0.15) is 30.7 Å². The number of morpholine rings is 1. The van der Waals surface area contributed by atoms with Crippen molar-refractivity contribution in [3.63, 3.8) is 0 Å². The van der Waals surface area contributed by atoms with Gasteiger partial charge in [-0.1, -0.05) is 12.1 Å². The number of rotatable bonds is 8. The predicted octanol–water partition coefficient (Wildman–Crippen LogP) is 1.43. The van der Waals surface area contributed by atoms with Crippen LogP contribution in [-0.4, -0.2) is 116 Å². The lowest BCUT2D eigenvalue weighted by molar-refractivity contribution is -0.133. The molecule has 1 aromatic heterocycles. The van der Waals surface area contributed by atoms with Gasteiger partial charge in [-0.2, -0.15) is 5.10 Å². The molecule has 0 aliphatic carbocycles. The minimum Gasteiger partial charge on any atom is -0.380 e. The van der Waals surface area contributed by atoms with Crippen LogP contribution in [-0.2, 0) is 35.4 Å². The van der Waals surface area contributed by atoms with E-state index in [-0.39, 0.29) is 29.2 Å². The van der Waals surface area contributed by atoms with E-state index >= 15 is 0 Å². The molecule has 2 amide bonds. The Labute approximate surface area is 244 Å². The molecule has 4 heterocycles. The van der Waals surface area contributed by atoms with E-state index in [1.165, 1.54) is 23.5 Å². The number of aromatic nitrogens is 1. The van der Waals surface area contributed by atoms with Gasteiger partial charge in [-0.3, -0.25) is 24.8 Å². The monoisotopic (exact) mass is 604 g/mol. The van der Waals surface area contributed by atoms with Crippen LogP contribution in [0.25, 0.3) is 0 Å². The number of hydrogen-bond acceptors (Lipinski definition) is 11. The minimum atomic E-state index is -3.52. The second-order valence-electron chi connectivity index (χ2n) is 10.5. The largest absolute Gasteiger partial charge is 0.380 e. The van der Waals surface area contributed by atoms with E-state index in [1.807, 2.05) is 11.8 Å². The van der Waals surface area contributed by atoms with Crippen molar-refractivity contribution in [2.45, 2.75) is 43.0 Å². The number of thiazole rings is 1. The van der Waals surface area contributed by atoms with Gasteiger partial charge in [0.2, 0.25) is 5.91 Å². The molecule has 12 nitrogen and oxygen atoms in total. The normalized spacial score (nSPS) is 22.6. The molecule has 0 bridgehead atoms. The van der Waals surface area contributed by atoms with Crippen LogP contribution in [0.2, 0.25) is 0 Å². The van der Waals surface area contributed by atoms with Crippen molar-refractivity contribution in [2.24, 2.45) is 5.10 Å². The molecule has 3 aliphatic heterocycles. The Morgan fingerprint density at radius 3 is 2.51 bits per heavy atom. The molecule has 1 N–H and O–H groups in total. The van der Waals surface area contributed by atoms with Gasteiger partial charge >= 0.3 is 0 Å². The highest BCUT2D eigenvalue weighted by Gasteiger charge is 2.31. The number of sulfone groups is 1. The van der Waals surface area contributed by atoms with E-state index in [0.717, 1.165) is 18.0 Å². The Morgan fingerprint density at radius 1 is 1.10 bits per heavy atom. The van der Waals surface area contributed by atoms with Crippen LogP contribution in [0.15, 0.2) is 40.5 Å². The third-order valence-corrected chi connectivity index (χ3v) is 10.6. The van der Waals surface area contributed by atoms with Crippen molar-refractivity contribution in [1.82, 2.24) is 19.8 Å². The number of carbonyl (C=O) groups excluding carboxylic acids is 2. The van der Waals surface area contributed by atoms with E-state index in [0.29, 0.717) is 63.1 Å². The lowest BCUT2D eigenvalue weighted by atomic mass is 10.1. The second-order valence-corrected chi connectivity index (χ2v) is 13.8. The lowest BCUT2D eigenvalue weighted by Gasteiger charge is -2.39. The molecule has 1 aromatic carbocycles. The predicted molar refractivity (Wildman–Crippen MR) is 155 cm³/mol. The van der Waals surface area contributed by atoms with Crippen LogP contribution < -0.4 is 5.32 Å². The summed E-state index contributed by atoms with van der Waals surface area (Å²) in [5.74, 6) is -0.338. The lowest BCUT2D eigenvalue weighted by Crippen LogP contribution is -2.52. The van der Waals surface area contributed by atoms with Gasteiger partial charge in [0.1, 0.15) is 0 Å². The SMILES string of the molecule is CC(=O)N1CCN(Cc2cnc(NC(=O)/C(=N/N3CCOCC3)c3ccc(S(=O)(=O)[C@H]4CCOC4)cc3)s2)C[C@@H]1C. The maximum Gasteiger partial charge on any atom is 0.278 e. The maximum atomic E-state index is 13.5. The average molecular weight is 605 g/mol. The molecule has 5 rings (SSSR count). The van der Waals surface area contributed by atoms with Crippen molar-refractivity contribution >= 4 is 43.8 Å². The first-order valence-electron chi connectivity index (χ1n) is 13.8. The molecule has 3 aliphatic rings. The first-order valence-corrected chi connectivity index (χ1v) is 16.2. The standard InChI is InChI=1S/C27H36N6O6S2/c1-19-16-31(8-9-33(19)20(2)34)17-22-15-28-27(40-22)29-26(35)25(30-32-10-13-38-14-11-32)21-3-5-23(6-4-21)41(36,37)24-7-12-39-18-24/h3-6,15,19,24H,7-14,16-18H2,1-2H3,(H,28,29,35)/b30-25+/t19-,24-/m0/s1. The molecule has 3 fully saturated rings. The molecule has 2 aromatic rings. The fourth-order valence-electron chi connectivity index (χ4n) is 5.24. The molecule has 0 radical (unpaired) electrons. The highest BCUT2D eigenvalue weighted by atomic mass is 32.2. The zero-order valence-electron chi connectivity index (χ0n) is 23.3. The minimum absolute atomic E-state index is 0.0918. The smallest absolute Gasteiger partial charge is 0.278 e. The van der Waals surface area contributed by atoms with Crippen LogP contribution in [0.3, 0.4) is 0 Å². The summed E-state index contributed by atoms with van der Waals surface area (Å²) in [6.45, 7) is 9.30. The summed E-state index contributed by atoms with van der Waals surface area (Å²) in [6, 6.07) is 6.44. The van der Waals surface area contributed by atoms with Crippen LogP contribution in [0, 0.1) is 0 Å². The summed E-state index contributed by atoms with van der Waals surface area (Å²) in [5.41, 5.74) is 0.677. The number of piperazine rings is 1. The Kier molecular flexibility index (Phi) is 9.34. The number of hydrazone groups is 1. The first-order chi connectivity index (χ1) is 19.7. The summed E-state index contributed by atoms with van der Waals surface area (Å²) < 4.78 is 36.6. The number of ether oxygens (including phenoxy) is 2. The van der Waals surface area contributed by atoms with Crippen LogP contribution >= 0.6 is 11.3 Å². The Morgan fingerprint density at radius 2 is 1.85 bits per heavy atom. The quantitative estimate of drug-likeness (QED) is 0.444. The number of nitrogens with zero attached hydrogens (tertiary/aromatic N) is 5. The van der Waals surface area contributed by atoms with Crippen molar-refractivity contribution in [3.05, 3.63) is 40.9 Å². The van der Waals surface area contributed by atoms with Gasteiger partial charge in [0.25, 0.3) is 5.91 Å². The zero-order valence-corrected chi connectivity index (χ0v) is 25.0. The Bertz CT molecular complexity index is 1370. The second kappa shape index (κ2) is 12.9. The summed E-state index contributed by atoms with van der Waals surface area (Å²) in [5, 5.41) is 9.19. The Hall–Kier alpha value is -2.91. The average Bonchev–Trinajstić information content (AvgIpc) is 3.65. The van der Waals surface area contributed by atoms with Crippen molar-refractivity contribution in [1.29, 1.82) is 0 Å². The molecule has 3 saturated heterocycles. The van der Waals surface area contributed by atoms with E-state index < -0.39 is 21.0 Å². The first kappa shape index (κ1) is 29.6. The number of hydrogen-bond donors (Lipinski definition) is 1. The molecular weight excluding hydrogens is 568 g/mol. The summed E-state index contributed by atoms with van der Waals surface area (Å²) in [6.07, 6.45) is 2.23. The number of amides is 2. The molecule has 0 unspecified atom stereocenters. The van der Waals surface area contributed by atoms with Crippen molar-refractivity contribution < 1.29 is 27.5 Å². The molecule has 2 atom stereocenters. The van der Waals surface area contributed by atoms with Gasteiger partial charge in [0, 0.05) is 62.4 Å². The van der Waals surface area contributed by atoms with E-state index in [2.05, 4.69) is 20.3 Å². The molecule has 14 heteroatoms. The summed E-state index contributed by atoms with van der Waals surface area (Å²) >= 11 is 1.40. The van der Waals surface area contributed by atoms with Crippen molar-refractivity contribution in [2.75, 3.05) is 64.5 Å². The van der Waals surface area contributed by atoms with E-state index in [4.69, 9.17) is 9.47 Å². The molecular formula is C27H36N6O6S2. The highest BCUT2D eigenvalue weighted by molar-refractivity contribution is 7.92. The summed E-state index contributed by atoms with van der Waals surface area (Å²) in [4.78, 5) is 35.1. The van der Waals surface area contributed by atoms with Gasteiger partial charge in [-0.05, 0) is 25.5 Å². The van der Waals surface area contributed by atoms with Gasteiger partial charge in [-0.15, -0.1) is 11.3 Å². The summed E-state index contributed by atoms with van der Waals surface area (Å²) in [7, 11) is -3.52. The third-order valence-electron chi connectivity index (χ3n) is 7.50. The van der Waals surface area contributed by atoms with Gasteiger partial charge < -0.3 is 14.4 Å². The Balaban J connectivity index is 1.29. The fraction of sp³-hybridized carbons (Fsp3) is 0.556. The van der Waals surface area contributed by atoms with Crippen LogP contribution in [0.4, 0.5) is 5.13 Å². The molecule has 0 saturated carbocycles. The maximum absolute atomic E-state index is 13.5. The number of nitrogens with one attached hydrogen (secondary N) is 1. The van der Waals surface area contributed by atoms with Gasteiger partial charge in [-0.25, -0.2) is 13.4 Å². The highest BCUT2D eigenvalue weighted by Crippen LogP contribution is 2.24. The van der Waals surface area contributed by atoms with Crippen molar-refractivity contribution in [3.8, 4) is 0 Å². The molecule has 41 heavy (non-hydrogen) atoms. The number of benzene rings is 1. The van der Waals surface area contributed by atoms with E-state index in [9.17, 15) is 18.0 Å². The van der Waals surface area contributed by atoms with E-state index in [1.54, 1.807) is 30.3 Å². The molecule has 0 spiro atoms. The number of anilines is 1. The van der Waals surface area contributed by atoms with Gasteiger partial charge in [0.05, 0.1) is 43.1 Å². The number of carbonyl (C=O) groups is 2. The molecule has 222 valence electrons. The van der Waals surface area contributed by atoms with Crippen LogP contribution in [0.5, 0.6) is 0 Å². The topological polar surface area (TPSA) is 134 Å². The fourth-order valence-corrected chi connectivity index (χ4v) is 7.67. The van der Waals surface area contributed by atoms with Gasteiger partial charge in [0.15, 0.2) is 20.7 Å². The zero-order chi connectivity index (χ0) is 29.0.